The van der Waals surface area contributed by atoms with E-state index in [4.69, 9.17) is 4.74 Å². The maximum Gasteiger partial charge on any atom is 0.260 e. The number of nitrogens with zero attached hydrogens (tertiary/aromatic N) is 1. The number of ether oxygens (including phenoxy) is 1. The lowest BCUT2D eigenvalue weighted by Gasteiger charge is -2.04. The molecule has 1 aromatic heterocycles. The Hall–Kier alpha value is -2.32. The Morgan fingerprint density at radius 3 is 2.88 bits per heavy atom. The smallest absolute Gasteiger partial charge is 0.260 e. The Morgan fingerprint density at radius 2 is 2.12 bits per heavy atom. The minimum absolute atomic E-state index is 0.0497. The fraction of sp³-hybridized carbons (Fsp3) is 0.353. The summed E-state index contributed by atoms with van der Waals surface area (Å²) < 4.78 is 18.8. The fourth-order valence-corrected chi connectivity index (χ4v) is 2.73. The van der Waals surface area contributed by atoms with Crippen molar-refractivity contribution in [1.29, 1.82) is 0 Å². The van der Waals surface area contributed by atoms with Gasteiger partial charge in [-0.15, -0.1) is 11.3 Å². The molecule has 134 valence electrons. The molecule has 0 radical (unpaired) electrons. The predicted molar refractivity (Wildman–Crippen MR) is 94.3 cm³/mol. The summed E-state index contributed by atoms with van der Waals surface area (Å²) in [5, 5.41) is 7.34. The molecule has 0 atom stereocenters. The summed E-state index contributed by atoms with van der Waals surface area (Å²) in [7, 11) is 0. The number of aromatic nitrogens is 1. The van der Waals surface area contributed by atoms with Crippen LogP contribution in [0.15, 0.2) is 29.6 Å². The molecule has 2 rings (SSSR count). The highest BCUT2D eigenvalue weighted by atomic mass is 32.1. The van der Waals surface area contributed by atoms with Gasteiger partial charge >= 0.3 is 0 Å². The summed E-state index contributed by atoms with van der Waals surface area (Å²) in [6.07, 6.45) is 0.876. The molecule has 8 heteroatoms. The Labute approximate surface area is 149 Å². The monoisotopic (exact) mass is 365 g/mol. The van der Waals surface area contributed by atoms with Gasteiger partial charge < -0.3 is 10.1 Å². The van der Waals surface area contributed by atoms with Crippen LogP contribution in [0.4, 0.5) is 9.52 Å². The van der Waals surface area contributed by atoms with Gasteiger partial charge in [0, 0.05) is 25.1 Å². The first-order chi connectivity index (χ1) is 12.1. The third-order valence-corrected chi connectivity index (χ3v) is 4.03. The van der Waals surface area contributed by atoms with Crippen LogP contribution < -0.4 is 10.6 Å². The van der Waals surface area contributed by atoms with E-state index in [1.54, 1.807) is 11.4 Å². The van der Waals surface area contributed by atoms with E-state index in [1.807, 2.05) is 6.92 Å². The second kappa shape index (κ2) is 9.85. The molecule has 0 bridgehead atoms. The van der Waals surface area contributed by atoms with Gasteiger partial charge in [0.25, 0.3) is 5.91 Å². The van der Waals surface area contributed by atoms with Crippen molar-refractivity contribution in [1.82, 2.24) is 10.3 Å². The predicted octanol–water partition coefficient (Wildman–Crippen LogP) is 2.62. The molecule has 0 aliphatic carbocycles. The van der Waals surface area contributed by atoms with Crippen molar-refractivity contribution < 1.29 is 18.7 Å². The van der Waals surface area contributed by atoms with Gasteiger partial charge in [0.1, 0.15) is 5.82 Å². The highest BCUT2D eigenvalue weighted by Crippen LogP contribution is 2.17. The average Bonchev–Trinajstić information content (AvgIpc) is 3.01. The average molecular weight is 365 g/mol. The Balaban J connectivity index is 1.81. The highest BCUT2D eigenvalue weighted by Gasteiger charge is 2.13. The summed E-state index contributed by atoms with van der Waals surface area (Å²) in [6.45, 7) is 3.73. The third kappa shape index (κ3) is 6.24. The van der Waals surface area contributed by atoms with Gasteiger partial charge in [-0.2, -0.15) is 0 Å². The molecule has 0 unspecified atom stereocenters. The Bertz CT molecular complexity index is 721. The first-order valence-electron chi connectivity index (χ1n) is 7.95. The third-order valence-electron chi connectivity index (χ3n) is 3.22. The van der Waals surface area contributed by atoms with Gasteiger partial charge in [0.05, 0.1) is 17.7 Å². The molecule has 0 saturated carbocycles. The minimum atomic E-state index is -0.594. The molecule has 1 heterocycles. The number of hydrogen-bond acceptors (Lipinski definition) is 5. The molecular formula is C17H20FN3O3S. The molecule has 25 heavy (non-hydrogen) atoms. The van der Waals surface area contributed by atoms with E-state index in [0.29, 0.717) is 30.6 Å². The quantitative estimate of drug-likeness (QED) is 0.670. The van der Waals surface area contributed by atoms with Crippen molar-refractivity contribution in [2.45, 2.75) is 19.8 Å². The lowest BCUT2D eigenvalue weighted by atomic mass is 10.2. The first kappa shape index (κ1) is 19.0. The number of benzene rings is 1. The Morgan fingerprint density at radius 1 is 1.32 bits per heavy atom. The largest absolute Gasteiger partial charge is 0.382 e. The summed E-state index contributed by atoms with van der Waals surface area (Å²) in [5.74, 6) is -1.31. The number of anilines is 1. The molecule has 2 amide bonds. The first-order valence-corrected chi connectivity index (χ1v) is 8.83. The SMILES string of the molecule is CCOCCCNC(=O)Cc1csc(NC(=O)c2ccccc2F)n1. The zero-order valence-corrected chi connectivity index (χ0v) is 14.7. The van der Waals surface area contributed by atoms with E-state index in [-0.39, 0.29) is 17.9 Å². The van der Waals surface area contributed by atoms with Crippen LogP contribution in [0.3, 0.4) is 0 Å². The van der Waals surface area contributed by atoms with Crippen LogP contribution in [0.1, 0.15) is 29.4 Å². The Kier molecular flexibility index (Phi) is 7.49. The maximum absolute atomic E-state index is 13.6. The normalized spacial score (nSPS) is 10.5. The van der Waals surface area contributed by atoms with Crippen LogP contribution in [-0.4, -0.2) is 36.6 Å². The molecule has 1 aromatic carbocycles. The zero-order chi connectivity index (χ0) is 18.1. The van der Waals surface area contributed by atoms with Crippen LogP contribution in [0.5, 0.6) is 0 Å². The van der Waals surface area contributed by atoms with Crippen LogP contribution >= 0.6 is 11.3 Å². The van der Waals surface area contributed by atoms with Crippen molar-refractivity contribution in [2.24, 2.45) is 0 Å². The topological polar surface area (TPSA) is 80.3 Å². The number of nitrogens with one attached hydrogen (secondary N) is 2. The highest BCUT2D eigenvalue weighted by molar-refractivity contribution is 7.14. The number of halogens is 1. The van der Waals surface area contributed by atoms with E-state index >= 15 is 0 Å². The molecule has 2 N–H and O–H groups in total. The molecular weight excluding hydrogens is 345 g/mol. The molecule has 0 fully saturated rings. The van der Waals surface area contributed by atoms with Gasteiger partial charge in [-0.25, -0.2) is 9.37 Å². The van der Waals surface area contributed by atoms with Gasteiger partial charge in [0.15, 0.2) is 5.13 Å². The van der Waals surface area contributed by atoms with Gasteiger partial charge in [-0.3, -0.25) is 14.9 Å². The zero-order valence-electron chi connectivity index (χ0n) is 13.9. The van der Waals surface area contributed by atoms with Crippen molar-refractivity contribution >= 4 is 28.3 Å². The molecule has 0 aliphatic rings. The fourth-order valence-electron chi connectivity index (χ4n) is 2.03. The summed E-state index contributed by atoms with van der Waals surface area (Å²) in [4.78, 5) is 28.0. The van der Waals surface area contributed by atoms with Gasteiger partial charge in [0.2, 0.25) is 5.91 Å². The molecule has 0 spiro atoms. The number of carbonyl (C=O) groups excluding carboxylic acids is 2. The van der Waals surface area contributed by atoms with Gasteiger partial charge in [-0.1, -0.05) is 12.1 Å². The van der Waals surface area contributed by atoms with E-state index in [2.05, 4.69) is 15.6 Å². The molecule has 0 saturated heterocycles. The van der Waals surface area contributed by atoms with Crippen LogP contribution in [0.25, 0.3) is 0 Å². The van der Waals surface area contributed by atoms with Gasteiger partial charge in [-0.05, 0) is 25.5 Å². The van der Waals surface area contributed by atoms with Crippen LogP contribution in [-0.2, 0) is 16.0 Å². The van der Waals surface area contributed by atoms with E-state index in [9.17, 15) is 14.0 Å². The van der Waals surface area contributed by atoms with E-state index < -0.39 is 11.7 Å². The standard InChI is InChI=1S/C17H20FN3O3S/c1-2-24-9-5-8-19-15(22)10-12-11-25-17(20-12)21-16(23)13-6-3-4-7-14(13)18/h3-4,6-7,11H,2,5,8-10H2,1H3,(H,19,22)(H,20,21,23). The van der Waals surface area contributed by atoms with E-state index in [1.165, 1.54) is 29.5 Å². The second-order valence-electron chi connectivity index (χ2n) is 5.16. The maximum atomic E-state index is 13.6. The minimum Gasteiger partial charge on any atom is -0.382 e. The van der Waals surface area contributed by atoms with Crippen molar-refractivity contribution in [3.63, 3.8) is 0 Å². The van der Waals surface area contributed by atoms with Crippen molar-refractivity contribution in [2.75, 3.05) is 25.1 Å². The molecule has 2 aromatic rings. The number of rotatable bonds is 9. The second-order valence-corrected chi connectivity index (χ2v) is 6.01. The number of thiazole rings is 1. The summed E-state index contributed by atoms with van der Waals surface area (Å²) >= 11 is 1.19. The molecule has 6 nitrogen and oxygen atoms in total. The summed E-state index contributed by atoms with van der Waals surface area (Å²) in [5.41, 5.74) is 0.502. The molecule has 0 aliphatic heterocycles. The van der Waals surface area contributed by atoms with E-state index in [0.717, 1.165) is 6.42 Å². The lowest BCUT2D eigenvalue weighted by Crippen LogP contribution is -2.27. The van der Waals surface area contributed by atoms with Crippen LogP contribution in [0.2, 0.25) is 0 Å². The number of amides is 2. The number of hydrogen-bond donors (Lipinski definition) is 2. The van der Waals surface area contributed by atoms with Crippen molar-refractivity contribution in [3.8, 4) is 0 Å². The van der Waals surface area contributed by atoms with Crippen LogP contribution in [0, 0.1) is 5.82 Å². The summed E-state index contributed by atoms with van der Waals surface area (Å²) in [6, 6.07) is 5.72. The number of carbonyl (C=O) groups is 2. The van der Waals surface area contributed by atoms with Crippen molar-refractivity contribution in [3.05, 3.63) is 46.7 Å². The lowest BCUT2D eigenvalue weighted by molar-refractivity contribution is -0.120.